The van der Waals surface area contributed by atoms with Gasteiger partial charge in [-0.25, -0.2) is 4.98 Å². The summed E-state index contributed by atoms with van der Waals surface area (Å²) in [5.41, 5.74) is 3.45. The van der Waals surface area contributed by atoms with Crippen molar-refractivity contribution in [1.82, 2.24) is 14.8 Å². The lowest BCUT2D eigenvalue weighted by atomic mass is 10.2. The zero-order chi connectivity index (χ0) is 20.9. The van der Waals surface area contributed by atoms with Crippen LogP contribution < -0.4 is 10.1 Å². The minimum atomic E-state index is -0.227. The van der Waals surface area contributed by atoms with E-state index in [2.05, 4.69) is 15.4 Å². The van der Waals surface area contributed by atoms with Gasteiger partial charge in [0.25, 0.3) is 5.91 Å². The van der Waals surface area contributed by atoms with Crippen molar-refractivity contribution in [2.24, 2.45) is 0 Å². The molecule has 1 N–H and O–H groups in total. The van der Waals surface area contributed by atoms with Gasteiger partial charge >= 0.3 is 0 Å². The molecule has 2 heterocycles. The van der Waals surface area contributed by atoms with Crippen molar-refractivity contribution < 1.29 is 13.9 Å². The molecule has 4 aromatic rings. The largest absolute Gasteiger partial charge is 0.484 e. The Labute approximate surface area is 174 Å². The van der Waals surface area contributed by atoms with Crippen molar-refractivity contribution in [3.05, 3.63) is 84.0 Å². The Morgan fingerprint density at radius 1 is 1.10 bits per heavy atom. The molecule has 0 saturated heterocycles. The van der Waals surface area contributed by atoms with Crippen LogP contribution in [0.15, 0.2) is 71.4 Å². The van der Waals surface area contributed by atoms with E-state index in [1.807, 2.05) is 85.5 Å². The fourth-order valence-corrected chi connectivity index (χ4v) is 2.96. The lowest BCUT2D eigenvalue weighted by molar-refractivity contribution is -0.118. The zero-order valence-electron chi connectivity index (χ0n) is 16.8. The summed E-state index contributed by atoms with van der Waals surface area (Å²) in [4.78, 5) is 16.7. The fourth-order valence-electron chi connectivity index (χ4n) is 2.96. The lowest BCUT2D eigenvalue weighted by Crippen LogP contribution is -2.20. The molecule has 0 aliphatic rings. The van der Waals surface area contributed by atoms with Crippen LogP contribution in [-0.2, 0) is 11.3 Å². The Hall–Kier alpha value is -3.87. The topological polar surface area (TPSA) is 82.2 Å². The van der Waals surface area contributed by atoms with Crippen molar-refractivity contribution in [2.45, 2.75) is 20.4 Å². The van der Waals surface area contributed by atoms with Crippen molar-refractivity contribution in [3.8, 4) is 17.2 Å². The van der Waals surface area contributed by atoms with Crippen LogP contribution in [0.25, 0.3) is 11.5 Å². The van der Waals surface area contributed by atoms with E-state index in [1.165, 1.54) is 0 Å². The lowest BCUT2D eigenvalue weighted by Gasteiger charge is -2.07. The van der Waals surface area contributed by atoms with Crippen LogP contribution in [0.4, 0.5) is 5.69 Å². The number of anilines is 1. The molecule has 0 bridgehead atoms. The van der Waals surface area contributed by atoms with Gasteiger partial charge in [-0.1, -0.05) is 18.2 Å². The van der Waals surface area contributed by atoms with Crippen LogP contribution in [-0.4, -0.2) is 27.3 Å². The van der Waals surface area contributed by atoms with Gasteiger partial charge in [0.1, 0.15) is 17.2 Å². The third-order valence-electron chi connectivity index (χ3n) is 4.50. The van der Waals surface area contributed by atoms with Crippen molar-refractivity contribution >= 4 is 11.6 Å². The molecule has 0 aliphatic heterocycles. The molecule has 4 rings (SSSR count). The van der Waals surface area contributed by atoms with Crippen LogP contribution in [0, 0.1) is 13.8 Å². The molecule has 0 unspecified atom stereocenters. The summed E-state index contributed by atoms with van der Waals surface area (Å²) in [6, 6.07) is 16.6. The van der Waals surface area contributed by atoms with Crippen LogP contribution in [0.2, 0.25) is 0 Å². The Bertz CT molecular complexity index is 1130. The highest BCUT2D eigenvalue weighted by Gasteiger charge is 2.13. The van der Waals surface area contributed by atoms with Crippen molar-refractivity contribution in [1.29, 1.82) is 0 Å². The second-order valence-electron chi connectivity index (χ2n) is 6.96. The predicted octanol–water partition coefficient (Wildman–Crippen LogP) is 4.22. The first kappa shape index (κ1) is 19.4. The maximum Gasteiger partial charge on any atom is 0.262 e. The molecule has 152 valence electrons. The van der Waals surface area contributed by atoms with Gasteiger partial charge in [0.15, 0.2) is 6.61 Å². The van der Waals surface area contributed by atoms with Gasteiger partial charge in [0, 0.05) is 17.4 Å². The smallest absolute Gasteiger partial charge is 0.262 e. The van der Waals surface area contributed by atoms with E-state index in [0.29, 0.717) is 23.9 Å². The summed E-state index contributed by atoms with van der Waals surface area (Å²) in [6.07, 6.45) is 3.78. The first-order valence-corrected chi connectivity index (χ1v) is 9.60. The first-order valence-electron chi connectivity index (χ1n) is 9.60. The van der Waals surface area contributed by atoms with Gasteiger partial charge in [0.05, 0.1) is 12.7 Å². The number of carbonyl (C=O) groups is 1. The standard InChI is InChI=1S/C23H22N4O3/c1-16-12-24-27(13-16)14-21-17(2)30-23(26-21)18-8-10-19(11-9-18)25-22(28)15-29-20-6-4-3-5-7-20/h3-13H,14-15H2,1-2H3,(H,25,28). The molecule has 30 heavy (non-hydrogen) atoms. The van der Waals surface area contributed by atoms with Crippen molar-refractivity contribution in [3.63, 3.8) is 0 Å². The number of hydrogen-bond donors (Lipinski definition) is 1. The number of amides is 1. The van der Waals surface area contributed by atoms with Crippen LogP contribution in [0.5, 0.6) is 5.75 Å². The highest BCUT2D eigenvalue weighted by molar-refractivity contribution is 5.92. The summed E-state index contributed by atoms with van der Waals surface area (Å²) in [5, 5.41) is 7.11. The average molecular weight is 402 g/mol. The zero-order valence-corrected chi connectivity index (χ0v) is 16.8. The Morgan fingerprint density at radius 3 is 2.57 bits per heavy atom. The van der Waals surface area contributed by atoms with Gasteiger partial charge in [-0.05, 0) is 55.8 Å². The SMILES string of the molecule is Cc1cnn(Cc2nc(-c3ccc(NC(=O)COc4ccccc4)cc3)oc2C)c1. The summed E-state index contributed by atoms with van der Waals surface area (Å²) >= 11 is 0. The predicted molar refractivity (Wildman–Crippen MR) is 113 cm³/mol. The van der Waals surface area contributed by atoms with E-state index in [0.717, 1.165) is 22.6 Å². The number of aromatic nitrogens is 3. The van der Waals surface area contributed by atoms with Gasteiger partial charge in [-0.15, -0.1) is 0 Å². The van der Waals surface area contributed by atoms with E-state index in [-0.39, 0.29) is 12.5 Å². The summed E-state index contributed by atoms with van der Waals surface area (Å²) in [5.74, 6) is 1.73. The highest BCUT2D eigenvalue weighted by atomic mass is 16.5. The van der Waals surface area contributed by atoms with Gasteiger partial charge < -0.3 is 14.5 Å². The minimum Gasteiger partial charge on any atom is -0.484 e. The van der Waals surface area contributed by atoms with E-state index in [9.17, 15) is 4.79 Å². The number of nitrogens with zero attached hydrogens (tertiary/aromatic N) is 3. The van der Waals surface area contributed by atoms with Crippen LogP contribution in [0.1, 0.15) is 17.0 Å². The number of para-hydroxylation sites is 1. The molecule has 0 aliphatic carbocycles. The molecule has 0 atom stereocenters. The molecule has 7 nitrogen and oxygen atoms in total. The molecule has 7 heteroatoms. The highest BCUT2D eigenvalue weighted by Crippen LogP contribution is 2.24. The molecule has 2 aromatic heterocycles. The Balaban J connectivity index is 1.37. The van der Waals surface area contributed by atoms with Gasteiger partial charge in [0.2, 0.25) is 5.89 Å². The van der Waals surface area contributed by atoms with Crippen molar-refractivity contribution in [2.75, 3.05) is 11.9 Å². The maximum atomic E-state index is 12.1. The van der Waals surface area contributed by atoms with E-state index >= 15 is 0 Å². The number of oxazole rings is 1. The molecule has 2 aromatic carbocycles. The quantitative estimate of drug-likeness (QED) is 0.500. The van der Waals surface area contributed by atoms with E-state index < -0.39 is 0 Å². The van der Waals surface area contributed by atoms with Gasteiger partial charge in [-0.3, -0.25) is 9.48 Å². The molecule has 1 amide bonds. The number of carbonyl (C=O) groups excluding carboxylic acids is 1. The molecular weight excluding hydrogens is 380 g/mol. The number of rotatable bonds is 7. The normalized spacial score (nSPS) is 10.7. The molecular formula is C23H22N4O3. The Morgan fingerprint density at radius 2 is 1.87 bits per heavy atom. The number of nitrogens with one attached hydrogen (secondary N) is 1. The van der Waals surface area contributed by atoms with E-state index in [4.69, 9.17) is 9.15 Å². The molecule has 0 radical (unpaired) electrons. The van der Waals surface area contributed by atoms with Crippen LogP contribution in [0.3, 0.4) is 0 Å². The number of benzene rings is 2. The summed E-state index contributed by atoms with van der Waals surface area (Å²) in [7, 11) is 0. The number of ether oxygens (including phenoxy) is 1. The fraction of sp³-hybridized carbons (Fsp3) is 0.174. The molecule has 0 saturated carbocycles. The third kappa shape index (κ3) is 4.75. The Kier molecular flexibility index (Phi) is 5.61. The minimum absolute atomic E-state index is 0.0546. The maximum absolute atomic E-state index is 12.1. The second kappa shape index (κ2) is 8.65. The number of hydrogen-bond acceptors (Lipinski definition) is 5. The molecule has 0 spiro atoms. The van der Waals surface area contributed by atoms with Gasteiger partial charge in [-0.2, -0.15) is 5.10 Å². The summed E-state index contributed by atoms with van der Waals surface area (Å²) < 4.78 is 13.1. The van der Waals surface area contributed by atoms with Crippen LogP contribution >= 0.6 is 0 Å². The number of aryl methyl sites for hydroxylation is 2. The van der Waals surface area contributed by atoms with E-state index in [1.54, 1.807) is 0 Å². The third-order valence-corrected chi connectivity index (χ3v) is 4.50. The molecule has 0 fully saturated rings. The average Bonchev–Trinajstić information content (AvgIpc) is 3.33. The summed E-state index contributed by atoms with van der Waals surface area (Å²) in [6.45, 7) is 4.39. The second-order valence-corrected chi connectivity index (χ2v) is 6.96. The monoisotopic (exact) mass is 402 g/mol. The first-order chi connectivity index (χ1) is 14.6.